The molecule has 0 bridgehead atoms. The molecule has 6 heteroatoms. The SMILES string of the molecule is CC(C)CC#Cc1cc(N(C(=O)C2CCC(C)CC2)[C@H]2CC[C@H](O)CC2)c(C(=O)O)s1. The molecule has 2 aliphatic carbocycles. The first-order valence-corrected chi connectivity index (χ1v) is 12.4. The highest BCUT2D eigenvalue weighted by atomic mass is 32.1. The number of carboxylic acid groups (broad SMARTS) is 1. The summed E-state index contributed by atoms with van der Waals surface area (Å²) in [5, 5.41) is 19.9. The fourth-order valence-electron chi connectivity index (χ4n) is 4.63. The van der Waals surface area contributed by atoms with Crippen molar-refractivity contribution in [2.75, 3.05) is 4.90 Å². The van der Waals surface area contributed by atoms with Crippen molar-refractivity contribution in [2.24, 2.45) is 17.8 Å². The van der Waals surface area contributed by atoms with Gasteiger partial charge in [-0.25, -0.2) is 4.79 Å². The topological polar surface area (TPSA) is 77.8 Å². The standard InChI is InChI=1S/C25H35NO4S/c1-16(2)5-4-6-21-15-22(23(31-21)25(29)30)26(19-11-13-20(27)14-12-19)24(28)18-9-7-17(3)8-10-18/h15-20,27H,5,7-14H2,1-3H3,(H,29,30)/t17?,18?,19-,20-. The van der Waals surface area contributed by atoms with Crippen LogP contribution in [-0.4, -0.2) is 34.2 Å². The van der Waals surface area contributed by atoms with E-state index in [2.05, 4.69) is 32.6 Å². The van der Waals surface area contributed by atoms with E-state index in [9.17, 15) is 19.8 Å². The molecule has 3 rings (SSSR count). The lowest BCUT2D eigenvalue weighted by Crippen LogP contribution is -2.47. The maximum atomic E-state index is 13.7. The van der Waals surface area contributed by atoms with Crippen LogP contribution in [0, 0.1) is 29.6 Å². The van der Waals surface area contributed by atoms with E-state index >= 15 is 0 Å². The van der Waals surface area contributed by atoms with Crippen LogP contribution >= 0.6 is 11.3 Å². The van der Waals surface area contributed by atoms with Crippen LogP contribution in [0.5, 0.6) is 0 Å². The van der Waals surface area contributed by atoms with Crippen LogP contribution in [0.4, 0.5) is 5.69 Å². The van der Waals surface area contributed by atoms with Crippen molar-refractivity contribution in [2.45, 2.75) is 90.7 Å². The largest absolute Gasteiger partial charge is 0.477 e. The third-order valence-electron chi connectivity index (χ3n) is 6.52. The zero-order valence-electron chi connectivity index (χ0n) is 18.9. The van der Waals surface area contributed by atoms with Crippen LogP contribution < -0.4 is 4.90 Å². The molecule has 1 heterocycles. The van der Waals surface area contributed by atoms with Gasteiger partial charge in [-0.1, -0.05) is 32.6 Å². The van der Waals surface area contributed by atoms with Crippen molar-refractivity contribution >= 4 is 28.9 Å². The molecule has 2 N–H and O–H groups in total. The molecule has 31 heavy (non-hydrogen) atoms. The second-order valence-electron chi connectivity index (χ2n) is 9.66. The lowest BCUT2D eigenvalue weighted by molar-refractivity contribution is -0.124. The molecule has 1 aromatic heterocycles. The van der Waals surface area contributed by atoms with E-state index in [1.54, 1.807) is 11.0 Å². The third-order valence-corrected chi connectivity index (χ3v) is 7.55. The molecule has 0 aromatic carbocycles. The Balaban J connectivity index is 1.95. The maximum Gasteiger partial charge on any atom is 0.348 e. The average molecular weight is 446 g/mol. The molecule has 0 unspecified atom stereocenters. The minimum Gasteiger partial charge on any atom is -0.477 e. The molecule has 2 aliphatic rings. The lowest BCUT2D eigenvalue weighted by atomic mass is 9.81. The summed E-state index contributed by atoms with van der Waals surface area (Å²) in [7, 11) is 0. The Morgan fingerprint density at radius 2 is 1.77 bits per heavy atom. The Hall–Kier alpha value is -1.84. The summed E-state index contributed by atoms with van der Waals surface area (Å²) in [5.41, 5.74) is 0.497. The van der Waals surface area contributed by atoms with E-state index < -0.39 is 5.97 Å². The second-order valence-corrected chi connectivity index (χ2v) is 10.7. The van der Waals surface area contributed by atoms with Gasteiger partial charge < -0.3 is 15.1 Å². The van der Waals surface area contributed by atoms with Crippen LogP contribution in [-0.2, 0) is 4.79 Å². The molecule has 170 valence electrons. The quantitative estimate of drug-likeness (QED) is 0.602. The number of carboxylic acids is 1. The van der Waals surface area contributed by atoms with Gasteiger partial charge in [0.1, 0.15) is 4.88 Å². The Kier molecular flexibility index (Phi) is 8.18. The number of aliphatic hydroxyl groups is 1. The van der Waals surface area contributed by atoms with Crippen molar-refractivity contribution < 1.29 is 19.8 Å². The van der Waals surface area contributed by atoms with Crippen LogP contribution in [0.2, 0.25) is 0 Å². The van der Waals surface area contributed by atoms with Gasteiger partial charge in [-0.3, -0.25) is 4.79 Å². The van der Waals surface area contributed by atoms with Gasteiger partial charge in [-0.15, -0.1) is 11.3 Å². The van der Waals surface area contributed by atoms with E-state index in [4.69, 9.17) is 0 Å². The number of hydrogen-bond donors (Lipinski definition) is 2. The van der Waals surface area contributed by atoms with Gasteiger partial charge in [0.25, 0.3) is 0 Å². The number of rotatable bonds is 5. The highest BCUT2D eigenvalue weighted by molar-refractivity contribution is 7.15. The van der Waals surface area contributed by atoms with Crippen LogP contribution in [0.3, 0.4) is 0 Å². The Morgan fingerprint density at radius 3 is 2.35 bits per heavy atom. The highest BCUT2D eigenvalue weighted by Gasteiger charge is 2.37. The van der Waals surface area contributed by atoms with E-state index in [-0.39, 0.29) is 28.8 Å². The lowest BCUT2D eigenvalue weighted by Gasteiger charge is -2.38. The molecular formula is C25H35NO4S. The van der Waals surface area contributed by atoms with E-state index in [1.165, 1.54) is 0 Å². The molecule has 0 atom stereocenters. The number of hydrogen-bond acceptors (Lipinski definition) is 4. The van der Waals surface area contributed by atoms with Gasteiger partial charge in [0.15, 0.2) is 0 Å². The summed E-state index contributed by atoms with van der Waals surface area (Å²) in [6.07, 6.45) is 6.89. The van der Waals surface area contributed by atoms with Crippen LogP contribution in [0.1, 0.15) is 93.1 Å². The summed E-state index contributed by atoms with van der Waals surface area (Å²) in [4.78, 5) is 28.5. The number of amides is 1. The van der Waals surface area contributed by atoms with Gasteiger partial charge in [0.2, 0.25) is 5.91 Å². The number of carbonyl (C=O) groups is 2. The van der Waals surface area contributed by atoms with E-state index in [0.717, 1.165) is 43.4 Å². The smallest absolute Gasteiger partial charge is 0.348 e. The van der Waals surface area contributed by atoms with E-state index in [1.807, 2.05) is 0 Å². The first-order valence-electron chi connectivity index (χ1n) is 11.6. The predicted octanol–water partition coefficient (Wildman–Crippen LogP) is 5.31. The van der Waals surface area contributed by atoms with Gasteiger partial charge in [-0.05, 0) is 69.3 Å². The average Bonchev–Trinajstić information content (AvgIpc) is 3.14. The summed E-state index contributed by atoms with van der Waals surface area (Å²) in [6.45, 7) is 6.42. The van der Waals surface area contributed by atoms with Crippen molar-refractivity contribution in [1.82, 2.24) is 0 Å². The maximum absolute atomic E-state index is 13.7. The van der Waals surface area contributed by atoms with E-state index in [0.29, 0.717) is 48.1 Å². The normalized spacial score (nSPS) is 26.2. The summed E-state index contributed by atoms with van der Waals surface area (Å²) in [5.74, 6) is 6.32. The van der Waals surface area contributed by atoms with Crippen LogP contribution in [0.25, 0.3) is 0 Å². The molecular weight excluding hydrogens is 410 g/mol. The van der Waals surface area contributed by atoms with Gasteiger partial charge in [0, 0.05) is 18.4 Å². The molecule has 0 saturated heterocycles. The minimum atomic E-state index is -1.01. The molecule has 0 aliphatic heterocycles. The number of thiophene rings is 1. The van der Waals surface area contributed by atoms with Gasteiger partial charge in [-0.2, -0.15) is 0 Å². The number of carbonyl (C=O) groups excluding carboxylic acids is 1. The molecule has 1 aromatic rings. The number of aromatic carboxylic acids is 1. The first-order chi connectivity index (χ1) is 14.8. The van der Waals surface area contributed by atoms with Crippen molar-refractivity contribution in [1.29, 1.82) is 0 Å². The van der Waals surface area contributed by atoms with Crippen molar-refractivity contribution in [3.8, 4) is 11.8 Å². The second kappa shape index (κ2) is 10.7. The summed E-state index contributed by atoms with van der Waals surface area (Å²) < 4.78 is 0. The first kappa shape index (κ1) is 23.8. The van der Waals surface area contributed by atoms with Gasteiger partial charge in [0.05, 0.1) is 16.7 Å². The van der Waals surface area contributed by atoms with Gasteiger partial charge >= 0.3 is 5.97 Å². The summed E-state index contributed by atoms with van der Waals surface area (Å²) in [6, 6.07) is 1.73. The molecule has 1 amide bonds. The Morgan fingerprint density at radius 1 is 1.13 bits per heavy atom. The number of anilines is 1. The predicted molar refractivity (Wildman–Crippen MR) is 124 cm³/mol. The highest BCUT2D eigenvalue weighted by Crippen LogP contribution is 2.38. The number of nitrogens with zero attached hydrogens (tertiary/aromatic N) is 1. The monoisotopic (exact) mass is 445 g/mol. The molecule has 0 radical (unpaired) electrons. The van der Waals surface area contributed by atoms with Crippen LogP contribution in [0.15, 0.2) is 6.07 Å². The molecule has 5 nitrogen and oxygen atoms in total. The molecule has 2 saturated carbocycles. The molecule has 2 fully saturated rings. The molecule has 0 spiro atoms. The fraction of sp³-hybridized carbons (Fsp3) is 0.680. The zero-order valence-corrected chi connectivity index (χ0v) is 19.7. The summed E-state index contributed by atoms with van der Waals surface area (Å²) >= 11 is 1.16. The Bertz CT molecular complexity index is 833. The number of aliphatic hydroxyl groups excluding tert-OH is 1. The zero-order chi connectivity index (χ0) is 22.5. The van der Waals surface area contributed by atoms with Crippen molar-refractivity contribution in [3.05, 3.63) is 15.8 Å². The fourth-order valence-corrected chi connectivity index (χ4v) is 5.50. The van der Waals surface area contributed by atoms with Crippen molar-refractivity contribution in [3.63, 3.8) is 0 Å². The Labute approximate surface area is 189 Å². The minimum absolute atomic E-state index is 0.0512. The third kappa shape index (κ3) is 6.11.